The van der Waals surface area contributed by atoms with E-state index in [0.717, 1.165) is 53.1 Å². The lowest BCUT2D eigenvalue weighted by molar-refractivity contribution is -0.140. The Hall–Kier alpha value is -4.74. The third kappa shape index (κ3) is 9.37. The smallest absolute Gasteiger partial charge is 0.265 e. The lowest BCUT2D eigenvalue weighted by Crippen LogP contribution is -2.55. The average molecular weight is 748 g/mol. The summed E-state index contributed by atoms with van der Waals surface area (Å²) in [5.41, 5.74) is 2.74. The summed E-state index contributed by atoms with van der Waals surface area (Å²) in [6.45, 7) is 1.37. The van der Waals surface area contributed by atoms with Gasteiger partial charge < -0.3 is 24.4 Å². The van der Waals surface area contributed by atoms with Gasteiger partial charge in [-0.15, -0.1) is 0 Å². The third-order valence-corrected chi connectivity index (χ3v) is 11.3. The van der Waals surface area contributed by atoms with Gasteiger partial charge in [-0.2, -0.15) is 0 Å². The predicted octanol–water partition coefficient (Wildman–Crippen LogP) is 6.96. The highest BCUT2D eigenvalue weighted by molar-refractivity contribution is 7.92. The fourth-order valence-electron chi connectivity index (χ4n) is 6.46. The molecule has 4 aromatic carbocycles. The highest BCUT2D eigenvalue weighted by atomic mass is 35.5. The molecule has 2 amide bonds. The molecule has 0 aliphatic heterocycles. The number of aryl methyl sites for hydroxylation is 1. The second-order valence-corrected chi connectivity index (χ2v) is 15.2. The second kappa shape index (κ2) is 17.7. The van der Waals surface area contributed by atoms with Crippen molar-refractivity contribution in [2.75, 3.05) is 32.2 Å². The van der Waals surface area contributed by atoms with Crippen LogP contribution in [0.2, 0.25) is 5.02 Å². The van der Waals surface area contributed by atoms with Gasteiger partial charge in [0.2, 0.25) is 11.8 Å². The molecule has 4 aromatic rings. The van der Waals surface area contributed by atoms with Crippen molar-refractivity contribution in [3.63, 3.8) is 0 Å². The summed E-state index contributed by atoms with van der Waals surface area (Å²) in [5.74, 6) is -0.169. The number of benzene rings is 4. The predicted molar refractivity (Wildman–Crippen MR) is 203 cm³/mol. The summed E-state index contributed by atoms with van der Waals surface area (Å²) in [7, 11) is -0.219. The number of anilines is 1. The van der Waals surface area contributed by atoms with Gasteiger partial charge in [0.1, 0.15) is 18.3 Å². The number of hydrogen-bond acceptors (Lipinski definition) is 7. The molecule has 10 nitrogen and oxygen atoms in total. The van der Waals surface area contributed by atoms with E-state index in [-0.39, 0.29) is 52.0 Å². The first-order valence-corrected chi connectivity index (χ1v) is 19.1. The van der Waals surface area contributed by atoms with Crippen LogP contribution in [0.5, 0.6) is 17.2 Å². The number of halogens is 1. The van der Waals surface area contributed by atoms with Crippen LogP contribution in [-0.2, 0) is 32.6 Å². The van der Waals surface area contributed by atoms with Crippen molar-refractivity contribution in [2.24, 2.45) is 0 Å². The van der Waals surface area contributed by atoms with Gasteiger partial charge in [-0.3, -0.25) is 13.9 Å². The number of ether oxygens (including phenoxy) is 3. The van der Waals surface area contributed by atoms with Crippen molar-refractivity contribution in [3.8, 4) is 17.2 Å². The number of carbonyl (C=O) groups excluding carboxylic acids is 2. The normalized spacial score (nSPS) is 13.9. The van der Waals surface area contributed by atoms with Gasteiger partial charge in [0, 0.05) is 30.1 Å². The minimum absolute atomic E-state index is 0.00602. The van der Waals surface area contributed by atoms with Gasteiger partial charge in [0.05, 0.1) is 31.9 Å². The van der Waals surface area contributed by atoms with Crippen molar-refractivity contribution in [1.82, 2.24) is 10.2 Å². The molecule has 1 atom stereocenters. The number of sulfonamides is 1. The summed E-state index contributed by atoms with van der Waals surface area (Å²) in [5, 5.41) is 3.47. The van der Waals surface area contributed by atoms with E-state index in [0.29, 0.717) is 5.75 Å². The zero-order valence-corrected chi connectivity index (χ0v) is 31.6. The first-order chi connectivity index (χ1) is 25.0. The van der Waals surface area contributed by atoms with Crippen LogP contribution in [0.4, 0.5) is 5.69 Å². The summed E-state index contributed by atoms with van der Waals surface area (Å²) in [6, 6.07) is 25.0. The Labute approximate surface area is 311 Å². The lowest BCUT2D eigenvalue weighted by atomic mass is 9.94. The zero-order chi connectivity index (χ0) is 37.3. The Morgan fingerprint density at radius 1 is 0.808 bits per heavy atom. The molecule has 1 aliphatic carbocycles. The molecule has 52 heavy (non-hydrogen) atoms. The quantitative estimate of drug-likeness (QED) is 0.140. The molecule has 1 saturated carbocycles. The summed E-state index contributed by atoms with van der Waals surface area (Å²) >= 11 is 6.43. The van der Waals surface area contributed by atoms with Gasteiger partial charge in [0.25, 0.3) is 10.0 Å². The van der Waals surface area contributed by atoms with Crippen molar-refractivity contribution >= 4 is 39.1 Å². The molecule has 0 bridgehead atoms. The average Bonchev–Trinajstić information content (AvgIpc) is 3.16. The van der Waals surface area contributed by atoms with E-state index >= 15 is 0 Å². The maximum absolute atomic E-state index is 14.9. The minimum atomic E-state index is -4.48. The van der Waals surface area contributed by atoms with Crippen LogP contribution in [0.3, 0.4) is 0 Å². The van der Waals surface area contributed by atoms with Crippen molar-refractivity contribution < 1.29 is 32.2 Å². The summed E-state index contributed by atoms with van der Waals surface area (Å²) < 4.78 is 46.7. The zero-order valence-electron chi connectivity index (χ0n) is 30.0. The van der Waals surface area contributed by atoms with Crippen LogP contribution in [-0.4, -0.2) is 65.1 Å². The highest BCUT2D eigenvalue weighted by Gasteiger charge is 2.36. The highest BCUT2D eigenvalue weighted by Crippen LogP contribution is 2.37. The fraction of sp³-hybridized carbons (Fsp3) is 0.350. The van der Waals surface area contributed by atoms with E-state index in [1.165, 1.54) is 50.5 Å². The van der Waals surface area contributed by atoms with Crippen molar-refractivity contribution in [3.05, 3.63) is 113 Å². The van der Waals surface area contributed by atoms with Crippen LogP contribution < -0.4 is 23.8 Å². The number of nitrogens with zero attached hydrogens (tertiary/aromatic N) is 2. The molecule has 5 rings (SSSR count). The van der Waals surface area contributed by atoms with E-state index in [2.05, 4.69) is 5.32 Å². The van der Waals surface area contributed by atoms with Gasteiger partial charge >= 0.3 is 0 Å². The molecule has 0 unspecified atom stereocenters. The van der Waals surface area contributed by atoms with Crippen LogP contribution >= 0.6 is 11.6 Å². The van der Waals surface area contributed by atoms with E-state index in [1.54, 1.807) is 12.1 Å². The molecular formula is C40H46ClN3O7S. The van der Waals surface area contributed by atoms with Crippen LogP contribution in [0.25, 0.3) is 0 Å². The van der Waals surface area contributed by atoms with Crippen LogP contribution in [0.1, 0.15) is 48.8 Å². The van der Waals surface area contributed by atoms with Gasteiger partial charge in [-0.05, 0) is 61.2 Å². The summed E-state index contributed by atoms with van der Waals surface area (Å²) in [4.78, 5) is 30.6. The van der Waals surface area contributed by atoms with E-state index < -0.39 is 28.5 Å². The molecule has 0 heterocycles. The number of rotatable bonds is 15. The molecule has 0 aromatic heterocycles. The van der Waals surface area contributed by atoms with Gasteiger partial charge in [0.15, 0.2) is 11.5 Å². The largest absolute Gasteiger partial charge is 0.495 e. The standard InChI is InChI=1S/C40H46ClN3O7S/c1-28-15-17-30(18-16-28)26-43(35(23-29-11-7-5-8-12-29)40(46)42-32-13-9-6-10-14-32)39(45)27-44(34-24-31(41)19-21-36(34)49-2)52(47,48)33-20-22-37(50-3)38(25-33)51-4/h5,7-8,11-12,15-22,24-25,32,35H,6,9-10,13-14,23,26-27H2,1-4H3,(H,42,46)/t35-/m1/s1. The Morgan fingerprint density at radius 2 is 1.46 bits per heavy atom. The molecule has 1 N–H and O–H groups in total. The fourth-order valence-corrected chi connectivity index (χ4v) is 8.06. The third-order valence-electron chi connectivity index (χ3n) is 9.33. The SMILES string of the molecule is COc1ccc(S(=O)(=O)N(CC(=O)N(Cc2ccc(C)cc2)[C@H](Cc2ccccc2)C(=O)NC2CCCCC2)c2cc(Cl)ccc2OC)cc1OC. The molecule has 0 spiro atoms. The van der Waals surface area contributed by atoms with Crippen molar-refractivity contribution in [2.45, 2.75) is 69.0 Å². The molecular weight excluding hydrogens is 702 g/mol. The Bertz CT molecular complexity index is 1930. The number of carbonyl (C=O) groups is 2. The number of nitrogens with one attached hydrogen (secondary N) is 1. The molecule has 276 valence electrons. The molecule has 12 heteroatoms. The Kier molecular flexibility index (Phi) is 13.1. The first-order valence-electron chi connectivity index (χ1n) is 17.3. The summed E-state index contributed by atoms with van der Waals surface area (Å²) in [6.07, 6.45) is 5.10. The monoisotopic (exact) mass is 747 g/mol. The molecule has 1 fully saturated rings. The molecule has 1 aliphatic rings. The van der Waals surface area contributed by atoms with Crippen LogP contribution in [0, 0.1) is 6.92 Å². The minimum Gasteiger partial charge on any atom is -0.495 e. The van der Waals surface area contributed by atoms with E-state index in [1.807, 2.05) is 61.5 Å². The number of hydrogen-bond donors (Lipinski definition) is 1. The van der Waals surface area contributed by atoms with Gasteiger partial charge in [-0.25, -0.2) is 8.42 Å². The van der Waals surface area contributed by atoms with Gasteiger partial charge in [-0.1, -0.05) is 91.0 Å². The first kappa shape index (κ1) is 38.5. The second-order valence-electron chi connectivity index (χ2n) is 12.9. The lowest BCUT2D eigenvalue weighted by Gasteiger charge is -2.35. The number of methoxy groups -OCH3 is 3. The van der Waals surface area contributed by atoms with Crippen molar-refractivity contribution in [1.29, 1.82) is 0 Å². The Balaban J connectivity index is 1.62. The topological polar surface area (TPSA) is 114 Å². The van der Waals surface area contributed by atoms with E-state index in [9.17, 15) is 18.0 Å². The maximum atomic E-state index is 14.9. The molecule has 0 radical (unpaired) electrons. The van der Waals surface area contributed by atoms with E-state index in [4.69, 9.17) is 25.8 Å². The van der Waals surface area contributed by atoms with Crippen LogP contribution in [0.15, 0.2) is 95.9 Å². The Morgan fingerprint density at radius 3 is 2.12 bits per heavy atom. The number of amides is 2. The maximum Gasteiger partial charge on any atom is 0.265 e. The molecule has 0 saturated heterocycles.